The lowest BCUT2D eigenvalue weighted by atomic mass is 9.91. The number of hydrogen-bond acceptors (Lipinski definition) is 4. The molecule has 1 saturated heterocycles. The number of rotatable bonds is 4. The molecule has 0 bridgehead atoms. The van der Waals surface area contributed by atoms with Gasteiger partial charge in [0.25, 0.3) is 0 Å². The monoisotopic (exact) mass is 370 g/mol. The van der Waals surface area contributed by atoms with Crippen molar-refractivity contribution in [3.63, 3.8) is 0 Å². The molecular weight excluding hydrogens is 343 g/mol. The smallest absolute Gasteiger partial charge is 0.225 e. The zero-order valence-corrected chi connectivity index (χ0v) is 16.1. The van der Waals surface area contributed by atoms with E-state index in [0.717, 1.165) is 5.69 Å². The quantitative estimate of drug-likeness (QED) is 0.885. The molecule has 1 aliphatic rings. The van der Waals surface area contributed by atoms with E-state index in [0.29, 0.717) is 25.9 Å². The summed E-state index contributed by atoms with van der Waals surface area (Å²) >= 11 is 0. The van der Waals surface area contributed by atoms with Gasteiger partial charge < -0.3 is 10.2 Å². The first-order valence-corrected chi connectivity index (χ1v) is 10.3. The van der Waals surface area contributed by atoms with Gasteiger partial charge in [0.2, 0.25) is 5.91 Å². The lowest BCUT2D eigenvalue weighted by Crippen LogP contribution is -2.50. The van der Waals surface area contributed by atoms with Gasteiger partial charge >= 0.3 is 0 Å². The zero-order valence-electron chi connectivity index (χ0n) is 15.3. The Hall–Kier alpha value is -1.63. The van der Waals surface area contributed by atoms with Crippen molar-refractivity contribution in [3.05, 3.63) is 24.3 Å². The molecule has 1 heterocycles. The molecular formula is C18H27FN2O3S. The van der Waals surface area contributed by atoms with Crippen molar-refractivity contribution < 1.29 is 17.6 Å². The van der Waals surface area contributed by atoms with E-state index in [2.05, 4.69) is 5.32 Å². The minimum Gasteiger partial charge on any atom is -0.371 e. The zero-order chi connectivity index (χ0) is 18.9. The summed E-state index contributed by atoms with van der Waals surface area (Å²) in [6, 6.07) is 6.66. The predicted molar refractivity (Wildman–Crippen MR) is 97.3 cm³/mol. The molecule has 1 aliphatic heterocycles. The number of piperidine rings is 1. The van der Waals surface area contributed by atoms with Gasteiger partial charge in [0.05, 0.1) is 11.4 Å². The van der Waals surface area contributed by atoms with Gasteiger partial charge in [-0.05, 0) is 24.3 Å². The van der Waals surface area contributed by atoms with Crippen LogP contribution in [0.3, 0.4) is 0 Å². The molecule has 0 atom stereocenters. The fourth-order valence-electron chi connectivity index (χ4n) is 2.75. The molecule has 1 amide bonds. The van der Waals surface area contributed by atoms with Crippen LogP contribution in [0, 0.1) is 5.41 Å². The molecule has 0 aliphatic carbocycles. The van der Waals surface area contributed by atoms with Gasteiger partial charge in [-0.1, -0.05) is 20.8 Å². The molecule has 25 heavy (non-hydrogen) atoms. The topological polar surface area (TPSA) is 66.5 Å². The van der Waals surface area contributed by atoms with E-state index in [-0.39, 0.29) is 17.3 Å². The number of nitrogens with one attached hydrogen (secondary N) is 1. The molecule has 5 nitrogen and oxygen atoms in total. The van der Waals surface area contributed by atoms with Crippen LogP contribution in [0.1, 0.15) is 33.6 Å². The fourth-order valence-corrected chi connectivity index (χ4v) is 3.38. The van der Waals surface area contributed by atoms with E-state index in [9.17, 15) is 17.6 Å². The third-order valence-electron chi connectivity index (χ3n) is 4.54. The Kier molecular flexibility index (Phi) is 5.47. The second kappa shape index (κ2) is 6.94. The molecule has 2 rings (SSSR count). The van der Waals surface area contributed by atoms with Crippen molar-refractivity contribution in [1.29, 1.82) is 0 Å². The number of sulfone groups is 1. The minimum absolute atomic E-state index is 0.0317. The third-order valence-corrected chi connectivity index (χ3v) is 5.66. The largest absolute Gasteiger partial charge is 0.371 e. The van der Waals surface area contributed by atoms with E-state index >= 15 is 0 Å². The van der Waals surface area contributed by atoms with Gasteiger partial charge in [-0.25, -0.2) is 12.8 Å². The third kappa shape index (κ3) is 5.17. The highest BCUT2D eigenvalue weighted by molar-refractivity contribution is 7.90. The van der Waals surface area contributed by atoms with Gasteiger partial charge in [0, 0.05) is 43.3 Å². The first-order valence-electron chi connectivity index (χ1n) is 8.43. The summed E-state index contributed by atoms with van der Waals surface area (Å²) in [7, 11) is -3.22. The van der Waals surface area contributed by atoms with E-state index in [1.165, 1.54) is 6.26 Å². The molecule has 0 unspecified atom stereocenters. The van der Waals surface area contributed by atoms with Gasteiger partial charge in [-0.3, -0.25) is 4.79 Å². The van der Waals surface area contributed by atoms with Crippen molar-refractivity contribution in [2.45, 2.75) is 44.2 Å². The number of amides is 1. The van der Waals surface area contributed by atoms with Crippen molar-refractivity contribution >= 4 is 21.4 Å². The van der Waals surface area contributed by atoms with Crippen LogP contribution >= 0.6 is 0 Å². The lowest BCUT2D eigenvalue weighted by molar-refractivity contribution is -0.129. The van der Waals surface area contributed by atoms with Gasteiger partial charge in [0.15, 0.2) is 9.84 Å². The highest BCUT2D eigenvalue weighted by Gasteiger charge is 2.36. The molecule has 7 heteroatoms. The summed E-state index contributed by atoms with van der Waals surface area (Å²) in [5, 5.41) is 2.71. The number of nitrogens with zero attached hydrogens (tertiary/aromatic N) is 1. The van der Waals surface area contributed by atoms with Gasteiger partial charge in [-0.15, -0.1) is 0 Å². The Labute approximate surface area is 149 Å². The van der Waals surface area contributed by atoms with Crippen molar-refractivity contribution in [1.82, 2.24) is 5.32 Å². The second-order valence-corrected chi connectivity index (χ2v) is 9.85. The highest BCUT2D eigenvalue weighted by Crippen LogP contribution is 2.30. The maximum absolute atomic E-state index is 14.9. The molecule has 0 spiro atoms. The molecule has 1 aromatic rings. The van der Waals surface area contributed by atoms with Crippen LogP contribution < -0.4 is 10.2 Å². The van der Waals surface area contributed by atoms with Crippen molar-refractivity contribution in [2.75, 3.05) is 30.8 Å². The Morgan fingerprint density at radius 3 is 2.16 bits per heavy atom. The maximum Gasteiger partial charge on any atom is 0.225 e. The fraction of sp³-hybridized carbons (Fsp3) is 0.611. The lowest BCUT2D eigenvalue weighted by Gasteiger charge is -2.38. The Balaban J connectivity index is 1.93. The van der Waals surface area contributed by atoms with Gasteiger partial charge in [0.1, 0.15) is 5.67 Å². The molecule has 0 aromatic heterocycles. The van der Waals surface area contributed by atoms with Crippen LogP contribution in [0.5, 0.6) is 0 Å². The first kappa shape index (κ1) is 19.7. The first-order chi connectivity index (χ1) is 11.4. The van der Waals surface area contributed by atoms with Crippen molar-refractivity contribution in [2.24, 2.45) is 5.41 Å². The van der Waals surface area contributed by atoms with Crippen LogP contribution in [0.2, 0.25) is 0 Å². The molecule has 1 aromatic carbocycles. The van der Waals surface area contributed by atoms with Gasteiger partial charge in [-0.2, -0.15) is 0 Å². The summed E-state index contributed by atoms with van der Waals surface area (Å²) in [4.78, 5) is 14.2. The van der Waals surface area contributed by atoms with Crippen LogP contribution in [0.15, 0.2) is 29.2 Å². The molecule has 0 radical (unpaired) electrons. The van der Waals surface area contributed by atoms with Crippen LogP contribution in [-0.2, 0) is 14.6 Å². The average molecular weight is 370 g/mol. The van der Waals surface area contributed by atoms with E-state index in [1.807, 2.05) is 4.90 Å². The number of carbonyl (C=O) groups is 1. The number of hydrogen-bond donors (Lipinski definition) is 1. The normalized spacial score (nSPS) is 18.0. The molecule has 1 fully saturated rings. The SMILES string of the molecule is CC(C)(C)C(=O)NCC1(F)CCN(c2ccc(S(C)(=O)=O)cc2)CC1. The number of halogens is 1. The van der Waals surface area contributed by atoms with Crippen LogP contribution in [-0.4, -0.2) is 45.9 Å². The minimum atomic E-state index is -3.22. The summed E-state index contributed by atoms with van der Waals surface area (Å²) < 4.78 is 37.9. The molecule has 140 valence electrons. The van der Waals surface area contributed by atoms with E-state index in [1.54, 1.807) is 45.0 Å². The standard InChI is InChI=1S/C18H27FN2O3S/c1-17(2,3)16(22)20-13-18(19)9-11-21(12-10-18)14-5-7-15(8-6-14)25(4,23)24/h5-8H,9-13H2,1-4H3,(H,20,22). The maximum atomic E-state index is 14.9. The molecule has 1 N–H and O–H groups in total. The molecule has 0 saturated carbocycles. The number of anilines is 1. The number of alkyl halides is 1. The highest BCUT2D eigenvalue weighted by atomic mass is 32.2. The van der Waals surface area contributed by atoms with E-state index in [4.69, 9.17) is 0 Å². The van der Waals surface area contributed by atoms with Crippen molar-refractivity contribution in [3.8, 4) is 0 Å². The summed E-state index contributed by atoms with van der Waals surface area (Å²) in [5.74, 6) is -0.150. The van der Waals surface area contributed by atoms with Crippen LogP contribution in [0.4, 0.5) is 10.1 Å². The summed E-state index contributed by atoms with van der Waals surface area (Å²) in [6.45, 7) is 6.49. The number of benzene rings is 1. The Bertz CT molecular complexity index is 716. The number of carbonyl (C=O) groups excluding carboxylic acids is 1. The van der Waals surface area contributed by atoms with Crippen LogP contribution in [0.25, 0.3) is 0 Å². The predicted octanol–water partition coefficient (Wildman–Crippen LogP) is 2.56. The van der Waals surface area contributed by atoms with E-state index < -0.39 is 20.9 Å². The second-order valence-electron chi connectivity index (χ2n) is 7.84. The summed E-state index contributed by atoms with van der Waals surface area (Å²) in [6.07, 6.45) is 1.82. The Morgan fingerprint density at radius 1 is 1.20 bits per heavy atom. The Morgan fingerprint density at radius 2 is 1.72 bits per heavy atom. The average Bonchev–Trinajstić information content (AvgIpc) is 2.52. The summed E-state index contributed by atoms with van der Waals surface area (Å²) in [5.41, 5.74) is -1.05.